The van der Waals surface area contributed by atoms with Gasteiger partial charge < -0.3 is 14.2 Å². The van der Waals surface area contributed by atoms with Gasteiger partial charge in [0.25, 0.3) is 0 Å². The van der Waals surface area contributed by atoms with Gasteiger partial charge >= 0.3 is 11.9 Å². The minimum absolute atomic E-state index is 0.0495. The first kappa shape index (κ1) is 12.0. The highest BCUT2D eigenvalue weighted by Crippen LogP contribution is 2.18. The van der Waals surface area contributed by atoms with Crippen molar-refractivity contribution >= 4 is 11.9 Å². The summed E-state index contributed by atoms with van der Waals surface area (Å²) in [4.78, 5) is 21.5. The minimum atomic E-state index is -0.331. The Bertz CT molecular complexity index is 238. The number of ether oxygens (including phenoxy) is 3. The lowest BCUT2D eigenvalue weighted by molar-refractivity contribution is -0.161. The molecule has 1 aliphatic heterocycles. The van der Waals surface area contributed by atoms with Crippen LogP contribution in [0.5, 0.6) is 0 Å². The Morgan fingerprint density at radius 2 is 2.07 bits per heavy atom. The third kappa shape index (κ3) is 4.29. The van der Waals surface area contributed by atoms with Crippen molar-refractivity contribution in [2.75, 3.05) is 19.8 Å². The highest BCUT2D eigenvalue weighted by Gasteiger charge is 2.29. The molecule has 86 valence electrons. The van der Waals surface area contributed by atoms with E-state index in [4.69, 9.17) is 14.2 Å². The molecule has 2 unspecified atom stereocenters. The molecule has 1 heterocycles. The summed E-state index contributed by atoms with van der Waals surface area (Å²) in [5.74, 6) is -0.691. The lowest BCUT2D eigenvalue weighted by Crippen LogP contribution is -2.38. The number of hydrogen-bond donors (Lipinski definition) is 0. The van der Waals surface area contributed by atoms with E-state index in [0.29, 0.717) is 19.6 Å². The summed E-state index contributed by atoms with van der Waals surface area (Å²) in [5.41, 5.74) is 0. The average Bonchev–Trinajstić information content (AvgIpc) is 2.15. The minimum Gasteiger partial charge on any atom is -0.465 e. The van der Waals surface area contributed by atoms with Crippen LogP contribution in [-0.2, 0) is 23.8 Å². The molecule has 0 radical (unpaired) electrons. The SMILES string of the molecule is CC(=O)OCC1COCCC1OC(C)=O. The number of carbonyl (C=O) groups excluding carboxylic acids is 2. The molecule has 0 bridgehead atoms. The van der Waals surface area contributed by atoms with Gasteiger partial charge in [-0.3, -0.25) is 9.59 Å². The Kier molecular flexibility index (Phi) is 4.55. The van der Waals surface area contributed by atoms with Gasteiger partial charge in [0, 0.05) is 20.3 Å². The monoisotopic (exact) mass is 216 g/mol. The van der Waals surface area contributed by atoms with Crippen molar-refractivity contribution in [2.45, 2.75) is 26.4 Å². The molecular formula is C10H16O5. The fourth-order valence-corrected chi connectivity index (χ4v) is 1.53. The van der Waals surface area contributed by atoms with Crippen molar-refractivity contribution in [1.29, 1.82) is 0 Å². The van der Waals surface area contributed by atoms with Crippen LogP contribution in [0, 0.1) is 5.92 Å². The van der Waals surface area contributed by atoms with E-state index in [2.05, 4.69) is 0 Å². The van der Waals surface area contributed by atoms with Crippen molar-refractivity contribution < 1.29 is 23.8 Å². The molecule has 0 aromatic carbocycles. The van der Waals surface area contributed by atoms with Crippen molar-refractivity contribution in [2.24, 2.45) is 5.92 Å². The van der Waals surface area contributed by atoms with Crippen LogP contribution in [0.25, 0.3) is 0 Å². The van der Waals surface area contributed by atoms with Crippen LogP contribution in [-0.4, -0.2) is 37.9 Å². The third-order valence-corrected chi connectivity index (χ3v) is 2.22. The second kappa shape index (κ2) is 5.70. The first-order valence-electron chi connectivity index (χ1n) is 4.98. The fourth-order valence-electron chi connectivity index (χ4n) is 1.53. The number of carbonyl (C=O) groups is 2. The smallest absolute Gasteiger partial charge is 0.302 e. The zero-order valence-electron chi connectivity index (χ0n) is 9.02. The molecule has 1 rings (SSSR count). The van der Waals surface area contributed by atoms with E-state index in [1.807, 2.05) is 0 Å². The van der Waals surface area contributed by atoms with E-state index in [0.717, 1.165) is 0 Å². The summed E-state index contributed by atoms with van der Waals surface area (Å²) < 4.78 is 15.3. The highest BCUT2D eigenvalue weighted by atomic mass is 16.6. The largest absolute Gasteiger partial charge is 0.465 e. The van der Waals surface area contributed by atoms with Gasteiger partial charge in [0.05, 0.1) is 25.7 Å². The molecule has 0 amide bonds. The molecule has 5 heteroatoms. The van der Waals surface area contributed by atoms with Gasteiger partial charge in [-0.05, 0) is 0 Å². The van der Waals surface area contributed by atoms with Crippen LogP contribution >= 0.6 is 0 Å². The summed E-state index contributed by atoms with van der Waals surface area (Å²) in [6.45, 7) is 4.01. The predicted octanol–water partition coefficient (Wildman–Crippen LogP) is 0.518. The van der Waals surface area contributed by atoms with Crippen LogP contribution in [0.4, 0.5) is 0 Å². The molecule has 0 aromatic rings. The number of hydrogen-bond acceptors (Lipinski definition) is 5. The van der Waals surface area contributed by atoms with Crippen LogP contribution < -0.4 is 0 Å². The Hall–Kier alpha value is -1.10. The fraction of sp³-hybridized carbons (Fsp3) is 0.800. The van der Waals surface area contributed by atoms with Gasteiger partial charge in [-0.25, -0.2) is 0 Å². The average molecular weight is 216 g/mol. The molecule has 15 heavy (non-hydrogen) atoms. The second-order valence-corrected chi connectivity index (χ2v) is 3.57. The summed E-state index contributed by atoms with van der Waals surface area (Å²) in [7, 11) is 0. The maximum absolute atomic E-state index is 10.8. The first-order valence-corrected chi connectivity index (χ1v) is 4.98. The van der Waals surface area contributed by atoms with Gasteiger partial charge in [-0.2, -0.15) is 0 Å². The summed E-state index contributed by atoms with van der Waals surface area (Å²) in [6, 6.07) is 0. The van der Waals surface area contributed by atoms with Gasteiger partial charge in [-0.15, -0.1) is 0 Å². The standard InChI is InChI=1S/C10H16O5/c1-7(11)14-6-9-5-13-4-3-10(9)15-8(2)12/h9-10H,3-6H2,1-2H3. The molecule has 0 saturated carbocycles. The molecule has 5 nitrogen and oxygen atoms in total. The Morgan fingerprint density at radius 1 is 1.33 bits per heavy atom. The van der Waals surface area contributed by atoms with Crippen molar-refractivity contribution in [3.63, 3.8) is 0 Å². The maximum Gasteiger partial charge on any atom is 0.302 e. The summed E-state index contributed by atoms with van der Waals surface area (Å²) in [5, 5.41) is 0. The van der Waals surface area contributed by atoms with Crippen LogP contribution in [0.2, 0.25) is 0 Å². The van der Waals surface area contributed by atoms with Crippen molar-refractivity contribution in [1.82, 2.24) is 0 Å². The Morgan fingerprint density at radius 3 is 2.67 bits per heavy atom. The third-order valence-electron chi connectivity index (χ3n) is 2.22. The Balaban J connectivity index is 2.42. The normalized spacial score (nSPS) is 25.7. The molecule has 1 aliphatic rings. The lowest BCUT2D eigenvalue weighted by Gasteiger charge is -2.30. The zero-order chi connectivity index (χ0) is 11.3. The molecule has 0 aliphatic carbocycles. The van der Waals surface area contributed by atoms with E-state index in [-0.39, 0.29) is 30.6 Å². The van der Waals surface area contributed by atoms with E-state index < -0.39 is 0 Å². The summed E-state index contributed by atoms with van der Waals surface area (Å²) >= 11 is 0. The first-order chi connectivity index (χ1) is 7.09. The van der Waals surface area contributed by atoms with E-state index >= 15 is 0 Å². The van der Waals surface area contributed by atoms with Crippen molar-refractivity contribution in [3.05, 3.63) is 0 Å². The summed E-state index contributed by atoms with van der Waals surface area (Å²) in [6.07, 6.45) is 0.460. The lowest BCUT2D eigenvalue weighted by atomic mass is 9.99. The van der Waals surface area contributed by atoms with Gasteiger partial charge in [0.2, 0.25) is 0 Å². The topological polar surface area (TPSA) is 61.8 Å². The number of rotatable bonds is 3. The van der Waals surface area contributed by atoms with Crippen LogP contribution in [0.3, 0.4) is 0 Å². The van der Waals surface area contributed by atoms with Crippen LogP contribution in [0.1, 0.15) is 20.3 Å². The molecule has 0 N–H and O–H groups in total. The van der Waals surface area contributed by atoms with Gasteiger partial charge in [0.1, 0.15) is 6.10 Å². The van der Waals surface area contributed by atoms with Gasteiger partial charge in [-0.1, -0.05) is 0 Å². The predicted molar refractivity (Wildman–Crippen MR) is 51.1 cm³/mol. The molecule has 0 spiro atoms. The Labute approximate surface area is 88.7 Å². The van der Waals surface area contributed by atoms with Gasteiger partial charge in [0.15, 0.2) is 0 Å². The van der Waals surface area contributed by atoms with Crippen LogP contribution in [0.15, 0.2) is 0 Å². The molecule has 1 saturated heterocycles. The van der Waals surface area contributed by atoms with Crippen molar-refractivity contribution in [3.8, 4) is 0 Å². The molecular weight excluding hydrogens is 200 g/mol. The molecule has 1 fully saturated rings. The van der Waals surface area contributed by atoms with E-state index in [9.17, 15) is 9.59 Å². The quantitative estimate of drug-likeness (QED) is 0.643. The second-order valence-electron chi connectivity index (χ2n) is 3.57. The van der Waals surface area contributed by atoms with E-state index in [1.165, 1.54) is 13.8 Å². The highest BCUT2D eigenvalue weighted by molar-refractivity contribution is 5.66. The molecule has 0 aromatic heterocycles. The molecule has 2 atom stereocenters. The van der Waals surface area contributed by atoms with E-state index in [1.54, 1.807) is 0 Å². The maximum atomic E-state index is 10.8. The number of esters is 2. The zero-order valence-corrected chi connectivity index (χ0v) is 9.02.